The van der Waals surface area contributed by atoms with Gasteiger partial charge in [0.1, 0.15) is 5.82 Å². The van der Waals surface area contributed by atoms with E-state index in [1.807, 2.05) is 4.90 Å². The molecule has 0 aromatic carbocycles. The molecule has 0 saturated carbocycles. The van der Waals surface area contributed by atoms with E-state index in [1.54, 1.807) is 23.1 Å². The number of piperazine rings is 1. The molecule has 0 radical (unpaired) electrons. The summed E-state index contributed by atoms with van der Waals surface area (Å²) in [4.78, 5) is 7.99. The van der Waals surface area contributed by atoms with Gasteiger partial charge >= 0.3 is 6.18 Å². The average molecular weight is 355 g/mol. The topological polar surface area (TPSA) is 57.4 Å². The lowest BCUT2D eigenvalue weighted by Crippen LogP contribution is -2.49. The van der Waals surface area contributed by atoms with Crippen molar-refractivity contribution in [1.29, 1.82) is 0 Å². The van der Waals surface area contributed by atoms with Crippen LogP contribution in [0.15, 0.2) is 36.8 Å². The minimum atomic E-state index is -4.36. The fourth-order valence-electron chi connectivity index (χ4n) is 2.91. The van der Waals surface area contributed by atoms with Crippen molar-refractivity contribution in [2.75, 3.05) is 37.6 Å². The molecule has 136 valence electrons. The van der Waals surface area contributed by atoms with Crippen LogP contribution in [0, 0.1) is 0 Å². The number of aliphatic hydroxyl groups is 1. The molecule has 1 aliphatic rings. The van der Waals surface area contributed by atoms with Crippen molar-refractivity contribution in [1.82, 2.24) is 19.7 Å². The van der Waals surface area contributed by atoms with E-state index < -0.39 is 17.8 Å². The maximum atomic E-state index is 12.8. The molecule has 3 heterocycles. The molecular formula is C16H20F3N5O. The van der Waals surface area contributed by atoms with Crippen LogP contribution in [0.4, 0.5) is 19.0 Å². The first-order valence-electron chi connectivity index (χ1n) is 8.08. The Morgan fingerprint density at radius 1 is 1.12 bits per heavy atom. The van der Waals surface area contributed by atoms with Gasteiger partial charge in [-0.1, -0.05) is 0 Å². The number of alkyl halides is 3. The van der Waals surface area contributed by atoms with E-state index in [4.69, 9.17) is 0 Å². The van der Waals surface area contributed by atoms with Gasteiger partial charge in [-0.3, -0.25) is 9.58 Å². The molecule has 1 unspecified atom stereocenters. The molecule has 9 heteroatoms. The Kier molecular flexibility index (Phi) is 5.24. The van der Waals surface area contributed by atoms with Crippen LogP contribution in [0.25, 0.3) is 0 Å². The smallest absolute Gasteiger partial charge is 0.390 e. The standard InChI is InChI=1S/C16H20F3N5O/c17-16(18,19)13-2-4-20-15(10-13)23-8-6-22(7-9-23)11-14(25)12-24-5-1-3-21-24/h1-5,10,14,25H,6-9,11-12H2. The van der Waals surface area contributed by atoms with Crippen LogP contribution in [-0.4, -0.2) is 63.6 Å². The molecule has 2 aromatic heterocycles. The van der Waals surface area contributed by atoms with E-state index in [0.29, 0.717) is 45.1 Å². The Labute approximate surface area is 143 Å². The lowest BCUT2D eigenvalue weighted by Gasteiger charge is -2.36. The second-order valence-corrected chi connectivity index (χ2v) is 6.07. The second-order valence-electron chi connectivity index (χ2n) is 6.07. The van der Waals surface area contributed by atoms with Crippen LogP contribution in [0.2, 0.25) is 0 Å². The maximum Gasteiger partial charge on any atom is 0.416 e. The van der Waals surface area contributed by atoms with Gasteiger partial charge in [-0.25, -0.2) is 4.98 Å². The molecule has 1 fully saturated rings. The fourth-order valence-corrected chi connectivity index (χ4v) is 2.91. The molecule has 2 aromatic rings. The Balaban J connectivity index is 1.52. The van der Waals surface area contributed by atoms with Gasteiger partial charge in [0, 0.05) is 51.3 Å². The van der Waals surface area contributed by atoms with E-state index in [2.05, 4.69) is 15.0 Å². The lowest BCUT2D eigenvalue weighted by atomic mass is 10.2. The summed E-state index contributed by atoms with van der Waals surface area (Å²) in [5, 5.41) is 14.2. The molecule has 1 saturated heterocycles. The van der Waals surface area contributed by atoms with Crippen molar-refractivity contribution >= 4 is 5.82 Å². The predicted molar refractivity (Wildman–Crippen MR) is 86.1 cm³/mol. The molecule has 25 heavy (non-hydrogen) atoms. The first-order chi connectivity index (χ1) is 11.9. The zero-order chi connectivity index (χ0) is 17.9. The number of aliphatic hydroxyl groups excluding tert-OH is 1. The largest absolute Gasteiger partial charge is 0.416 e. The first kappa shape index (κ1) is 17.7. The van der Waals surface area contributed by atoms with Gasteiger partial charge in [-0.05, 0) is 18.2 Å². The van der Waals surface area contributed by atoms with Gasteiger partial charge in [0.2, 0.25) is 0 Å². The van der Waals surface area contributed by atoms with Gasteiger partial charge in [0.05, 0.1) is 18.2 Å². The molecule has 6 nitrogen and oxygen atoms in total. The molecule has 0 spiro atoms. The SMILES string of the molecule is OC(CN1CCN(c2cc(C(F)(F)F)ccn2)CC1)Cn1cccn1. The van der Waals surface area contributed by atoms with Crippen LogP contribution in [0.5, 0.6) is 0 Å². The van der Waals surface area contributed by atoms with E-state index in [-0.39, 0.29) is 0 Å². The van der Waals surface area contributed by atoms with Gasteiger partial charge in [0.25, 0.3) is 0 Å². The molecular weight excluding hydrogens is 335 g/mol. The van der Waals surface area contributed by atoms with E-state index in [0.717, 1.165) is 12.1 Å². The Hall–Kier alpha value is -2.13. The van der Waals surface area contributed by atoms with Crippen LogP contribution >= 0.6 is 0 Å². The molecule has 1 aliphatic heterocycles. The third-order valence-corrected chi connectivity index (χ3v) is 4.20. The summed E-state index contributed by atoms with van der Waals surface area (Å²) in [6.07, 6.45) is -0.263. The summed E-state index contributed by atoms with van der Waals surface area (Å²) >= 11 is 0. The zero-order valence-corrected chi connectivity index (χ0v) is 13.6. The molecule has 0 bridgehead atoms. The highest BCUT2D eigenvalue weighted by atomic mass is 19.4. The number of halogens is 3. The van der Waals surface area contributed by atoms with E-state index in [1.165, 1.54) is 6.20 Å². The monoisotopic (exact) mass is 355 g/mol. The fraction of sp³-hybridized carbons (Fsp3) is 0.500. The van der Waals surface area contributed by atoms with Gasteiger partial charge in [0.15, 0.2) is 0 Å². The number of β-amino-alcohol motifs (C(OH)–C–C–N with tert-alkyl or cyclic N) is 1. The van der Waals surface area contributed by atoms with E-state index in [9.17, 15) is 18.3 Å². The summed E-state index contributed by atoms with van der Waals surface area (Å²) in [6, 6.07) is 3.86. The quantitative estimate of drug-likeness (QED) is 0.881. The summed E-state index contributed by atoms with van der Waals surface area (Å²) < 4.78 is 40.1. The van der Waals surface area contributed by atoms with Crippen molar-refractivity contribution in [2.45, 2.75) is 18.8 Å². The predicted octanol–water partition coefficient (Wildman–Crippen LogP) is 1.48. The molecule has 0 amide bonds. The maximum absolute atomic E-state index is 12.8. The number of anilines is 1. The van der Waals surface area contributed by atoms with Gasteiger partial charge < -0.3 is 10.0 Å². The lowest BCUT2D eigenvalue weighted by molar-refractivity contribution is -0.137. The van der Waals surface area contributed by atoms with E-state index >= 15 is 0 Å². The highest BCUT2D eigenvalue weighted by Crippen LogP contribution is 2.30. The zero-order valence-electron chi connectivity index (χ0n) is 13.6. The molecule has 3 rings (SSSR count). The number of hydrogen-bond donors (Lipinski definition) is 1. The molecule has 1 N–H and O–H groups in total. The number of hydrogen-bond acceptors (Lipinski definition) is 5. The molecule has 1 atom stereocenters. The van der Waals surface area contributed by atoms with Crippen molar-refractivity contribution in [3.05, 3.63) is 42.4 Å². The summed E-state index contributed by atoms with van der Waals surface area (Å²) in [5.74, 6) is 0.339. The van der Waals surface area contributed by atoms with Crippen molar-refractivity contribution < 1.29 is 18.3 Å². The number of nitrogens with zero attached hydrogens (tertiary/aromatic N) is 5. The summed E-state index contributed by atoms with van der Waals surface area (Å²) in [7, 11) is 0. The third kappa shape index (κ3) is 4.70. The number of aromatic nitrogens is 3. The molecule has 0 aliphatic carbocycles. The summed E-state index contributed by atoms with van der Waals surface area (Å²) in [5.41, 5.74) is -0.686. The van der Waals surface area contributed by atoms with Crippen molar-refractivity contribution in [3.63, 3.8) is 0 Å². The Morgan fingerprint density at radius 3 is 2.52 bits per heavy atom. The van der Waals surface area contributed by atoms with Crippen molar-refractivity contribution in [2.24, 2.45) is 0 Å². The minimum Gasteiger partial charge on any atom is -0.390 e. The van der Waals surface area contributed by atoms with Crippen LogP contribution < -0.4 is 4.90 Å². The third-order valence-electron chi connectivity index (χ3n) is 4.20. The second kappa shape index (κ2) is 7.40. The first-order valence-corrected chi connectivity index (χ1v) is 8.08. The number of pyridine rings is 1. The van der Waals surface area contributed by atoms with Gasteiger partial charge in [-0.15, -0.1) is 0 Å². The van der Waals surface area contributed by atoms with Crippen molar-refractivity contribution in [3.8, 4) is 0 Å². The van der Waals surface area contributed by atoms with Crippen LogP contribution in [0.1, 0.15) is 5.56 Å². The normalized spacial score (nSPS) is 17.7. The van der Waals surface area contributed by atoms with Crippen LogP contribution in [0.3, 0.4) is 0 Å². The highest BCUT2D eigenvalue weighted by Gasteiger charge is 2.31. The van der Waals surface area contributed by atoms with Crippen LogP contribution in [-0.2, 0) is 12.7 Å². The average Bonchev–Trinajstić information content (AvgIpc) is 3.08. The Bertz CT molecular complexity index is 669. The number of rotatable bonds is 5. The van der Waals surface area contributed by atoms with Gasteiger partial charge in [-0.2, -0.15) is 18.3 Å². The Morgan fingerprint density at radius 2 is 1.88 bits per heavy atom. The minimum absolute atomic E-state index is 0.339. The summed E-state index contributed by atoms with van der Waals surface area (Å²) in [6.45, 7) is 3.39. The highest BCUT2D eigenvalue weighted by molar-refractivity contribution is 5.42.